The van der Waals surface area contributed by atoms with Gasteiger partial charge in [0.15, 0.2) is 0 Å². The third-order valence-corrected chi connectivity index (χ3v) is 4.23. The maximum Gasteiger partial charge on any atom is 0.0431 e. The van der Waals surface area contributed by atoms with Crippen LogP contribution < -0.4 is 5.32 Å². The molecule has 0 aromatic rings. The molecule has 0 amide bonds. The largest absolute Gasteiger partial charge is 0.396 e. The lowest BCUT2D eigenvalue weighted by atomic mass is 9.95. The van der Waals surface area contributed by atoms with Crippen molar-refractivity contribution in [2.75, 3.05) is 13.2 Å². The van der Waals surface area contributed by atoms with Crippen LogP contribution in [0.3, 0.4) is 0 Å². The van der Waals surface area contributed by atoms with E-state index in [4.69, 9.17) is 5.11 Å². The summed E-state index contributed by atoms with van der Waals surface area (Å²) in [5, 5.41) is 12.4. The molecule has 0 aliphatic heterocycles. The summed E-state index contributed by atoms with van der Waals surface area (Å²) in [6, 6.07) is 0.849. The number of hydrogen-bond acceptors (Lipinski definition) is 2. The Labute approximate surface area is 93.5 Å². The normalized spacial score (nSPS) is 33.8. The fourth-order valence-corrected chi connectivity index (χ4v) is 3.37. The highest BCUT2D eigenvalue weighted by atomic mass is 16.2. The van der Waals surface area contributed by atoms with Crippen LogP contribution in [0.1, 0.15) is 51.4 Å². The maximum atomic E-state index is 8.65. The first kappa shape index (κ1) is 11.4. The molecular formula is C13H25NO. The first-order chi connectivity index (χ1) is 7.40. The molecule has 3 atom stereocenters. The number of hydrogen-bond donors (Lipinski definition) is 2. The van der Waals surface area contributed by atoms with Crippen molar-refractivity contribution >= 4 is 0 Å². The Morgan fingerprint density at radius 3 is 2.53 bits per heavy atom. The molecule has 2 rings (SSSR count). The van der Waals surface area contributed by atoms with E-state index in [2.05, 4.69) is 5.32 Å². The Balaban J connectivity index is 1.48. The van der Waals surface area contributed by atoms with E-state index in [0.29, 0.717) is 6.61 Å². The Morgan fingerprint density at radius 1 is 1.00 bits per heavy atom. The number of aliphatic hydroxyl groups excluding tert-OH is 1. The van der Waals surface area contributed by atoms with E-state index >= 15 is 0 Å². The summed E-state index contributed by atoms with van der Waals surface area (Å²) in [4.78, 5) is 0. The van der Waals surface area contributed by atoms with Crippen molar-refractivity contribution in [3.63, 3.8) is 0 Å². The Hall–Kier alpha value is -0.0800. The SMILES string of the molecule is OCCCCCCNC1CC2CCC1C2. The van der Waals surface area contributed by atoms with Gasteiger partial charge in [0.05, 0.1) is 0 Å². The van der Waals surface area contributed by atoms with Crippen molar-refractivity contribution < 1.29 is 5.11 Å². The van der Waals surface area contributed by atoms with E-state index in [9.17, 15) is 0 Å². The van der Waals surface area contributed by atoms with E-state index in [0.717, 1.165) is 24.3 Å². The molecule has 2 aliphatic carbocycles. The zero-order chi connectivity index (χ0) is 10.5. The molecule has 0 radical (unpaired) electrons. The molecule has 2 heteroatoms. The average Bonchev–Trinajstić information content (AvgIpc) is 2.85. The Morgan fingerprint density at radius 2 is 1.87 bits per heavy atom. The van der Waals surface area contributed by atoms with E-state index in [-0.39, 0.29) is 0 Å². The molecule has 2 saturated carbocycles. The van der Waals surface area contributed by atoms with Crippen LogP contribution in [0.4, 0.5) is 0 Å². The molecule has 0 aromatic carbocycles. The Bertz CT molecular complexity index is 183. The predicted octanol–water partition coefficient (Wildman–Crippen LogP) is 2.32. The molecular weight excluding hydrogens is 186 g/mol. The predicted molar refractivity (Wildman–Crippen MR) is 62.8 cm³/mol. The van der Waals surface area contributed by atoms with Crippen LogP contribution >= 0.6 is 0 Å². The van der Waals surface area contributed by atoms with E-state index in [1.165, 1.54) is 51.5 Å². The third-order valence-electron chi connectivity index (χ3n) is 4.23. The van der Waals surface area contributed by atoms with Crippen LogP contribution in [0.15, 0.2) is 0 Å². The molecule has 0 saturated heterocycles. The average molecular weight is 211 g/mol. The fourth-order valence-electron chi connectivity index (χ4n) is 3.37. The van der Waals surface area contributed by atoms with Gasteiger partial charge in [-0.05, 0) is 50.5 Å². The highest BCUT2D eigenvalue weighted by Crippen LogP contribution is 2.44. The van der Waals surface area contributed by atoms with Gasteiger partial charge in [0, 0.05) is 12.6 Å². The lowest BCUT2D eigenvalue weighted by Crippen LogP contribution is -2.34. The van der Waals surface area contributed by atoms with Gasteiger partial charge in [0.1, 0.15) is 0 Å². The van der Waals surface area contributed by atoms with E-state index in [1.807, 2.05) is 0 Å². The van der Waals surface area contributed by atoms with Gasteiger partial charge in [0.25, 0.3) is 0 Å². The van der Waals surface area contributed by atoms with Crippen molar-refractivity contribution in [1.82, 2.24) is 5.32 Å². The summed E-state index contributed by atoms with van der Waals surface area (Å²) < 4.78 is 0. The number of fused-ring (bicyclic) bond motifs is 2. The molecule has 2 bridgehead atoms. The minimum absolute atomic E-state index is 0.361. The standard InChI is InChI=1S/C13H25NO/c15-8-4-2-1-3-7-14-13-10-11-5-6-12(13)9-11/h11-15H,1-10H2. The van der Waals surface area contributed by atoms with E-state index in [1.54, 1.807) is 0 Å². The van der Waals surface area contributed by atoms with Crippen LogP contribution in [0.2, 0.25) is 0 Å². The maximum absolute atomic E-state index is 8.65. The Kier molecular flexibility index (Phi) is 4.45. The first-order valence-electron chi connectivity index (χ1n) is 6.74. The van der Waals surface area contributed by atoms with Crippen LogP contribution in [-0.2, 0) is 0 Å². The van der Waals surface area contributed by atoms with Crippen LogP contribution in [0, 0.1) is 11.8 Å². The van der Waals surface area contributed by atoms with Crippen molar-refractivity contribution in [2.24, 2.45) is 11.8 Å². The molecule has 88 valence electrons. The first-order valence-corrected chi connectivity index (χ1v) is 6.74. The van der Waals surface area contributed by atoms with Gasteiger partial charge in [-0.3, -0.25) is 0 Å². The van der Waals surface area contributed by atoms with Gasteiger partial charge in [0.2, 0.25) is 0 Å². The zero-order valence-electron chi connectivity index (χ0n) is 9.75. The van der Waals surface area contributed by atoms with Gasteiger partial charge < -0.3 is 10.4 Å². The second-order valence-corrected chi connectivity index (χ2v) is 5.37. The van der Waals surface area contributed by atoms with E-state index < -0.39 is 0 Å². The lowest BCUT2D eigenvalue weighted by Gasteiger charge is -2.22. The van der Waals surface area contributed by atoms with Gasteiger partial charge in [-0.25, -0.2) is 0 Å². The summed E-state index contributed by atoms with van der Waals surface area (Å²) in [7, 11) is 0. The van der Waals surface area contributed by atoms with Crippen LogP contribution in [-0.4, -0.2) is 24.3 Å². The highest BCUT2D eigenvalue weighted by Gasteiger charge is 2.38. The summed E-state index contributed by atoms with van der Waals surface area (Å²) >= 11 is 0. The summed E-state index contributed by atoms with van der Waals surface area (Å²) in [5.74, 6) is 2.06. The molecule has 2 fully saturated rings. The third kappa shape index (κ3) is 3.18. The monoisotopic (exact) mass is 211 g/mol. The molecule has 3 unspecified atom stereocenters. The van der Waals surface area contributed by atoms with Crippen molar-refractivity contribution in [3.8, 4) is 0 Å². The molecule has 2 aliphatic rings. The molecule has 2 nitrogen and oxygen atoms in total. The van der Waals surface area contributed by atoms with Crippen LogP contribution in [0.25, 0.3) is 0 Å². The van der Waals surface area contributed by atoms with Crippen molar-refractivity contribution in [3.05, 3.63) is 0 Å². The summed E-state index contributed by atoms with van der Waals surface area (Å²) in [6.07, 6.45) is 10.7. The second kappa shape index (κ2) is 5.86. The van der Waals surface area contributed by atoms with Crippen molar-refractivity contribution in [2.45, 2.75) is 57.4 Å². The number of nitrogens with one attached hydrogen (secondary N) is 1. The minimum atomic E-state index is 0.361. The fraction of sp³-hybridized carbons (Fsp3) is 1.00. The quantitative estimate of drug-likeness (QED) is 0.633. The number of rotatable bonds is 7. The lowest BCUT2D eigenvalue weighted by molar-refractivity contribution is 0.281. The summed E-state index contributed by atoms with van der Waals surface area (Å²) in [6.45, 7) is 1.55. The molecule has 2 N–H and O–H groups in total. The minimum Gasteiger partial charge on any atom is -0.396 e. The van der Waals surface area contributed by atoms with Gasteiger partial charge >= 0.3 is 0 Å². The molecule has 0 aromatic heterocycles. The topological polar surface area (TPSA) is 32.3 Å². The molecule has 0 heterocycles. The highest BCUT2D eigenvalue weighted by molar-refractivity contribution is 4.93. The van der Waals surface area contributed by atoms with Crippen molar-refractivity contribution in [1.29, 1.82) is 0 Å². The molecule has 15 heavy (non-hydrogen) atoms. The second-order valence-electron chi connectivity index (χ2n) is 5.37. The van der Waals surface area contributed by atoms with Crippen LogP contribution in [0.5, 0.6) is 0 Å². The smallest absolute Gasteiger partial charge is 0.0431 e. The van der Waals surface area contributed by atoms with Gasteiger partial charge in [-0.1, -0.05) is 19.3 Å². The number of aliphatic hydroxyl groups is 1. The zero-order valence-corrected chi connectivity index (χ0v) is 9.75. The molecule has 0 spiro atoms. The number of unbranched alkanes of at least 4 members (excludes halogenated alkanes) is 3. The summed E-state index contributed by atoms with van der Waals surface area (Å²) in [5.41, 5.74) is 0. The van der Waals surface area contributed by atoms with Gasteiger partial charge in [-0.15, -0.1) is 0 Å². The van der Waals surface area contributed by atoms with Gasteiger partial charge in [-0.2, -0.15) is 0 Å².